The molecule has 30 heavy (non-hydrogen) atoms. The second kappa shape index (κ2) is 10.7. The molecule has 0 N–H and O–H groups in total. The van der Waals surface area contributed by atoms with Crippen LogP contribution in [0.15, 0.2) is 66.5 Å². The van der Waals surface area contributed by atoms with E-state index in [1.165, 1.54) is 49.0 Å². The fourth-order valence-electron chi connectivity index (χ4n) is 4.19. The minimum absolute atomic E-state index is 0.0259. The number of benzene rings is 2. The number of hydrogen-bond acceptors (Lipinski definition) is 0. The molecule has 0 aromatic heterocycles. The molecule has 0 heterocycles. The number of unbranched alkanes of at least 4 members (excludes halogenated alkanes) is 4. The minimum atomic E-state index is -1.71. The van der Waals surface area contributed by atoms with Crippen molar-refractivity contribution in [3.63, 3.8) is 0 Å². The Hall–Kier alpha value is -2.22. The number of halogens is 2. The molecule has 0 spiro atoms. The second-order valence-electron chi connectivity index (χ2n) is 8.46. The maximum Gasteiger partial charge on any atom is 0.165 e. The summed E-state index contributed by atoms with van der Waals surface area (Å²) in [5, 5.41) is 0. The van der Waals surface area contributed by atoms with Crippen molar-refractivity contribution in [3.05, 3.63) is 88.8 Å². The lowest BCUT2D eigenvalue weighted by molar-refractivity contribution is 0.247. The average molecular weight is 409 g/mol. The molecule has 1 atom stereocenters. The van der Waals surface area contributed by atoms with Crippen LogP contribution in [0.1, 0.15) is 81.0 Å². The van der Waals surface area contributed by atoms with Gasteiger partial charge in [-0.1, -0.05) is 88.1 Å². The van der Waals surface area contributed by atoms with Gasteiger partial charge in [0.15, 0.2) is 5.67 Å². The van der Waals surface area contributed by atoms with Crippen LogP contribution in [-0.2, 0) is 18.5 Å². The summed E-state index contributed by atoms with van der Waals surface area (Å²) in [6.07, 6.45) is 11.9. The summed E-state index contributed by atoms with van der Waals surface area (Å²) in [7, 11) is 0. The van der Waals surface area contributed by atoms with Crippen LogP contribution < -0.4 is 0 Å². The third kappa shape index (κ3) is 5.47. The zero-order valence-corrected chi connectivity index (χ0v) is 18.4. The van der Waals surface area contributed by atoms with Crippen LogP contribution in [0, 0.1) is 0 Å². The van der Waals surface area contributed by atoms with Crippen LogP contribution in [0.4, 0.5) is 8.78 Å². The summed E-state index contributed by atoms with van der Waals surface area (Å²) < 4.78 is 30.5. The Morgan fingerprint density at radius 3 is 1.83 bits per heavy atom. The van der Waals surface area contributed by atoms with Gasteiger partial charge in [-0.2, -0.15) is 0 Å². The smallest absolute Gasteiger partial charge is 0.165 e. The van der Waals surface area contributed by atoms with Crippen LogP contribution in [0.2, 0.25) is 0 Å². The Bertz CT molecular complexity index is 859. The molecule has 0 saturated heterocycles. The molecule has 1 unspecified atom stereocenters. The zero-order chi connectivity index (χ0) is 21.4. The highest BCUT2D eigenvalue weighted by atomic mass is 19.1. The topological polar surface area (TPSA) is 0 Å². The van der Waals surface area contributed by atoms with Crippen molar-refractivity contribution in [1.82, 2.24) is 0 Å². The van der Waals surface area contributed by atoms with Crippen molar-refractivity contribution in [2.75, 3.05) is 0 Å². The first kappa shape index (κ1) is 22.5. The molecule has 2 aromatic rings. The van der Waals surface area contributed by atoms with E-state index in [1.54, 1.807) is 0 Å². The van der Waals surface area contributed by atoms with Gasteiger partial charge >= 0.3 is 0 Å². The highest BCUT2D eigenvalue weighted by Crippen LogP contribution is 2.46. The lowest BCUT2D eigenvalue weighted by atomic mass is 9.78. The van der Waals surface area contributed by atoms with E-state index in [9.17, 15) is 4.39 Å². The van der Waals surface area contributed by atoms with E-state index in [0.29, 0.717) is 11.1 Å². The largest absolute Gasteiger partial charge is 0.233 e. The van der Waals surface area contributed by atoms with Crippen molar-refractivity contribution in [2.45, 2.75) is 77.3 Å². The van der Waals surface area contributed by atoms with E-state index in [0.717, 1.165) is 31.2 Å². The molecule has 160 valence electrons. The Labute approximate surface area is 180 Å². The Morgan fingerprint density at radius 1 is 0.767 bits per heavy atom. The molecular formula is C28H34F2. The molecule has 0 nitrogen and oxygen atoms in total. The number of alkyl halides is 1. The maximum atomic E-state index is 16.3. The van der Waals surface area contributed by atoms with Gasteiger partial charge in [0.05, 0.1) is 0 Å². The molecule has 2 heteroatoms. The first-order chi connectivity index (χ1) is 14.6. The van der Waals surface area contributed by atoms with Gasteiger partial charge in [0, 0.05) is 12.0 Å². The normalized spacial score (nSPS) is 18.8. The standard InChI is InChI=1S/C28H34F2/c1-3-5-7-9-22-11-15-24(16-12-22)27-21-26(29)19-20-28(27,30)25-17-13-23(14-18-25)10-8-6-4-2/h11-19,21H,3-10,20H2,1-2H3. The Balaban J connectivity index is 1.82. The predicted octanol–water partition coefficient (Wildman–Crippen LogP) is 8.66. The van der Waals surface area contributed by atoms with Crippen LogP contribution in [-0.4, -0.2) is 0 Å². The van der Waals surface area contributed by atoms with Gasteiger partial charge in [-0.05, 0) is 60.1 Å². The molecule has 2 aromatic carbocycles. The highest BCUT2D eigenvalue weighted by Gasteiger charge is 2.38. The summed E-state index contributed by atoms with van der Waals surface area (Å²) in [4.78, 5) is 0. The second-order valence-corrected chi connectivity index (χ2v) is 8.46. The van der Waals surface area contributed by atoms with Gasteiger partial charge in [-0.3, -0.25) is 0 Å². The molecule has 0 radical (unpaired) electrons. The third-order valence-corrected chi connectivity index (χ3v) is 6.10. The van der Waals surface area contributed by atoms with E-state index in [1.807, 2.05) is 36.4 Å². The van der Waals surface area contributed by atoms with Gasteiger partial charge in [-0.15, -0.1) is 0 Å². The number of hydrogen-bond donors (Lipinski definition) is 0. The first-order valence-corrected chi connectivity index (χ1v) is 11.5. The highest BCUT2D eigenvalue weighted by molar-refractivity contribution is 5.77. The maximum absolute atomic E-state index is 16.3. The Morgan fingerprint density at radius 2 is 1.30 bits per heavy atom. The quantitative estimate of drug-likeness (QED) is 0.345. The molecule has 0 saturated carbocycles. The van der Waals surface area contributed by atoms with Gasteiger partial charge in [0.2, 0.25) is 0 Å². The molecule has 0 bridgehead atoms. The fraction of sp³-hybridized carbons (Fsp3) is 0.429. The zero-order valence-electron chi connectivity index (χ0n) is 18.4. The van der Waals surface area contributed by atoms with Crippen LogP contribution in [0.5, 0.6) is 0 Å². The number of aryl methyl sites for hydroxylation is 2. The minimum Gasteiger partial charge on any atom is -0.233 e. The monoisotopic (exact) mass is 408 g/mol. The van der Waals surface area contributed by atoms with E-state index >= 15 is 4.39 Å². The Kier molecular flexibility index (Phi) is 8.01. The van der Waals surface area contributed by atoms with E-state index < -0.39 is 5.67 Å². The van der Waals surface area contributed by atoms with Gasteiger partial charge in [-0.25, -0.2) is 8.78 Å². The predicted molar refractivity (Wildman–Crippen MR) is 124 cm³/mol. The summed E-state index contributed by atoms with van der Waals surface area (Å²) in [6.45, 7) is 4.39. The summed E-state index contributed by atoms with van der Waals surface area (Å²) in [5.41, 5.74) is 2.55. The van der Waals surface area contributed by atoms with Crippen molar-refractivity contribution >= 4 is 5.57 Å². The lowest BCUT2D eigenvalue weighted by Crippen LogP contribution is -2.24. The third-order valence-electron chi connectivity index (χ3n) is 6.10. The van der Waals surface area contributed by atoms with Crippen molar-refractivity contribution in [3.8, 4) is 0 Å². The lowest BCUT2D eigenvalue weighted by Gasteiger charge is -2.31. The van der Waals surface area contributed by atoms with Gasteiger partial charge in [0.25, 0.3) is 0 Å². The molecule has 1 aliphatic carbocycles. The summed E-state index contributed by atoms with van der Waals surface area (Å²) in [5.74, 6) is -0.360. The van der Waals surface area contributed by atoms with Gasteiger partial charge in [0.1, 0.15) is 5.83 Å². The average Bonchev–Trinajstić information content (AvgIpc) is 2.77. The van der Waals surface area contributed by atoms with Gasteiger partial charge < -0.3 is 0 Å². The summed E-state index contributed by atoms with van der Waals surface area (Å²) in [6, 6.07) is 15.8. The number of rotatable bonds is 10. The molecule has 0 amide bonds. The summed E-state index contributed by atoms with van der Waals surface area (Å²) >= 11 is 0. The van der Waals surface area contributed by atoms with Crippen molar-refractivity contribution < 1.29 is 8.78 Å². The van der Waals surface area contributed by atoms with E-state index in [2.05, 4.69) is 26.0 Å². The molecule has 0 aliphatic heterocycles. The van der Waals surface area contributed by atoms with Crippen LogP contribution in [0.3, 0.4) is 0 Å². The SMILES string of the molecule is CCCCCc1ccc(C2=CC(F)=CCC2(F)c2ccc(CCCCC)cc2)cc1. The van der Waals surface area contributed by atoms with E-state index in [4.69, 9.17) is 0 Å². The first-order valence-electron chi connectivity index (χ1n) is 11.5. The molecule has 1 aliphatic rings. The van der Waals surface area contributed by atoms with Crippen LogP contribution >= 0.6 is 0 Å². The van der Waals surface area contributed by atoms with E-state index in [-0.39, 0.29) is 12.2 Å². The van der Waals surface area contributed by atoms with Crippen LogP contribution in [0.25, 0.3) is 5.57 Å². The molecular weight excluding hydrogens is 374 g/mol. The molecule has 3 rings (SSSR count). The number of allylic oxidation sites excluding steroid dienone is 4. The fourth-order valence-corrected chi connectivity index (χ4v) is 4.19. The molecule has 0 fully saturated rings. The van der Waals surface area contributed by atoms with Crippen molar-refractivity contribution in [2.24, 2.45) is 0 Å². The van der Waals surface area contributed by atoms with Crippen molar-refractivity contribution in [1.29, 1.82) is 0 Å².